The van der Waals surface area contributed by atoms with Crippen molar-refractivity contribution in [1.82, 2.24) is 19.6 Å². The SMILES string of the molecule is COc1cc(-c2cc(-c3ccnn3-c3ccc(-n4nccc4-c4ccc([N+](=O)[O-])c(-c5ccc(O)c(OC)c5)c4)cc3)ccc2[N+](=O)[O-])ccc1O. The largest absolute Gasteiger partial charge is 0.504 e. The van der Waals surface area contributed by atoms with Crippen LogP contribution in [-0.4, -0.2) is 53.8 Å². The second kappa shape index (κ2) is 13.4. The Bertz CT molecular complexity index is 2320. The number of rotatable bonds is 10. The number of hydrogen-bond acceptors (Lipinski definition) is 10. The zero-order valence-electron chi connectivity index (χ0n) is 27.6. The van der Waals surface area contributed by atoms with Crippen LogP contribution in [0.2, 0.25) is 0 Å². The number of benzene rings is 5. The smallest absolute Gasteiger partial charge is 0.277 e. The molecule has 0 aliphatic heterocycles. The molecule has 2 aromatic heterocycles. The summed E-state index contributed by atoms with van der Waals surface area (Å²) < 4.78 is 13.9. The Morgan fingerprint density at radius 3 is 1.29 bits per heavy atom. The number of hydrogen-bond donors (Lipinski definition) is 2. The van der Waals surface area contributed by atoms with Crippen molar-refractivity contribution in [3.63, 3.8) is 0 Å². The number of phenols is 2. The van der Waals surface area contributed by atoms with E-state index in [1.165, 1.54) is 38.5 Å². The van der Waals surface area contributed by atoms with Crippen LogP contribution < -0.4 is 9.47 Å². The Morgan fingerprint density at radius 2 is 0.923 bits per heavy atom. The van der Waals surface area contributed by atoms with Crippen molar-refractivity contribution in [3.05, 3.63) is 142 Å². The minimum Gasteiger partial charge on any atom is -0.504 e. The summed E-state index contributed by atoms with van der Waals surface area (Å²) in [4.78, 5) is 23.0. The van der Waals surface area contributed by atoms with Crippen LogP contribution >= 0.6 is 0 Å². The molecule has 0 aliphatic carbocycles. The van der Waals surface area contributed by atoms with Crippen molar-refractivity contribution in [2.24, 2.45) is 0 Å². The van der Waals surface area contributed by atoms with Gasteiger partial charge in [-0.1, -0.05) is 12.1 Å². The lowest BCUT2D eigenvalue weighted by Crippen LogP contribution is -2.02. The zero-order chi connectivity index (χ0) is 36.5. The number of nitro groups is 2. The van der Waals surface area contributed by atoms with Crippen LogP contribution in [0.4, 0.5) is 11.4 Å². The van der Waals surface area contributed by atoms with Gasteiger partial charge < -0.3 is 19.7 Å². The second-order valence-corrected chi connectivity index (χ2v) is 11.5. The van der Waals surface area contributed by atoms with Crippen LogP contribution in [0.3, 0.4) is 0 Å². The van der Waals surface area contributed by atoms with E-state index in [2.05, 4.69) is 10.2 Å². The number of phenolic OH excluding ortho intramolecular Hbond substituents is 2. The van der Waals surface area contributed by atoms with Crippen LogP contribution in [0.1, 0.15) is 0 Å². The minimum atomic E-state index is -0.458. The standard InChI is InChI=1S/C38H28N6O8/c1-51-37-21-23(5-13-35(37)45)29-19-25(3-11-33(29)43(47)48)31-15-17-39-41(31)27-7-9-28(10-8-27)42-32(16-18-40-42)26-4-12-34(44(49)50)30(20-26)24-6-14-36(46)38(22-24)52-2/h3-22,45-46H,1-2H3. The van der Waals surface area contributed by atoms with E-state index in [1.54, 1.807) is 82.4 Å². The van der Waals surface area contributed by atoms with Crippen LogP contribution in [0, 0.1) is 20.2 Å². The van der Waals surface area contributed by atoms with Gasteiger partial charge >= 0.3 is 0 Å². The molecule has 258 valence electrons. The summed E-state index contributed by atoms with van der Waals surface area (Å²) in [5.74, 6) is 0.215. The molecule has 14 nitrogen and oxygen atoms in total. The third kappa shape index (κ3) is 6.00. The Balaban J connectivity index is 1.23. The summed E-state index contributed by atoms with van der Waals surface area (Å²) in [7, 11) is 2.81. The number of aromatic hydroxyl groups is 2. The maximum atomic E-state index is 12.0. The molecule has 5 aromatic carbocycles. The summed E-state index contributed by atoms with van der Waals surface area (Å²) in [5.41, 5.74) is 5.58. The fourth-order valence-corrected chi connectivity index (χ4v) is 6.05. The summed E-state index contributed by atoms with van der Waals surface area (Å²) in [6.45, 7) is 0. The average Bonchev–Trinajstić information content (AvgIpc) is 3.86. The van der Waals surface area contributed by atoms with Gasteiger partial charge in [-0.05, 0) is 96.1 Å². The molecule has 0 spiro atoms. The normalized spacial score (nSPS) is 11.0. The van der Waals surface area contributed by atoms with Gasteiger partial charge in [0.1, 0.15) is 0 Å². The van der Waals surface area contributed by atoms with Gasteiger partial charge in [0.05, 0.1) is 70.3 Å². The average molecular weight is 697 g/mol. The number of ether oxygens (including phenoxy) is 2. The van der Waals surface area contributed by atoms with E-state index >= 15 is 0 Å². The summed E-state index contributed by atoms with van der Waals surface area (Å²) in [6.07, 6.45) is 3.27. The highest BCUT2D eigenvalue weighted by Gasteiger charge is 2.21. The maximum absolute atomic E-state index is 12.0. The van der Waals surface area contributed by atoms with E-state index in [0.717, 1.165) is 0 Å². The molecular formula is C38H28N6O8. The second-order valence-electron chi connectivity index (χ2n) is 11.5. The molecule has 2 heterocycles. The molecule has 0 saturated heterocycles. The molecule has 0 saturated carbocycles. The number of methoxy groups -OCH3 is 2. The molecule has 0 radical (unpaired) electrons. The van der Waals surface area contributed by atoms with Crippen LogP contribution in [0.5, 0.6) is 23.0 Å². The first-order valence-corrected chi connectivity index (χ1v) is 15.7. The van der Waals surface area contributed by atoms with Gasteiger partial charge in [0.25, 0.3) is 11.4 Å². The fraction of sp³-hybridized carbons (Fsp3) is 0.0526. The molecule has 0 aliphatic rings. The molecule has 0 atom stereocenters. The summed E-state index contributed by atoms with van der Waals surface area (Å²) in [6, 6.07) is 29.8. The maximum Gasteiger partial charge on any atom is 0.277 e. The highest BCUT2D eigenvalue weighted by molar-refractivity contribution is 5.82. The van der Waals surface area contributed by atoms with Crippen molar-refractivity contribution in [2.45, 2.75) is 0 Å². The molecular weight excluding hydrogens is 668 g/mol. The highest BCUT2D eigenvalue weighted by Crippen LogP contribution is 2.40. The number of nitrogens with zero attached hydrogens (tertiary/aromatic N) is 6. The van der Waals surface area contributed by atoms with Crippen LogP contribution in [-0.2, 0) is 0 Å². The molecule has 0 bridgehead atoms. The Morgan fingerprint density at radius 1 is 0.538 bits per heavy atom. The highest BCUT2D eigenvalue weighted by atomic mass is 16.6. The predicted molar refractivity (Wildman–Crippen MR) is 192 cm³/mol. The molecule has 7 aromatic rings. The first kappa shape index (κ1) is 33.0. The lowest BCUT2D eigenvalue weighted by atomic mass is 9.99. The van der Waals surface area contributed by atoms with Gasteiger partial charge in [-0.2, -0.15) is 10.2 Å². The fourth-order valence-electron chi connectivity index (χ4n) is 6.05. The molecule has 14 heteroatoms. The van der Waals surface area contributed by atoms with Crippen molar-refractivity contribution in [1.29, 1.82) is 0 Å². The zero-order valence-corrected chi connectivity index (χ0v) is 27.6. The third-order valence-electron chi connectivity index (χ3n) is 8.58. The Labute approximate surface area is 295 Å². The van der Waals surface area contributed by atoms with Gasteiger partial charge in [0, 0.05) is 23.3 Å². The van der Waals surface area contributed by atoms with E-state index < -0.39 is 9.85 Å². The quantitative estimate of drug-likeness (QED) is 0.105. The van der Waals surface area contributed by atoms with Crippen molar-refractivity contribution < 1.29 is 29.5 Å². The number of nitro benzene ring substituents is 2. The topological polar surface area (TPSA) is 181 Å². The minimum absolute atomic E-state index is 0.0820. The molecule has 0 amide bonds. The van der Waals surface area contributed by atoms with Crippen molar-refractivity contribution in [2.75, 3.05) is 14.2 Å². The monoisotopic (exact) mass is 696 g/mol. The molecule has 52 heavy (non-hydrogen) atoms. The molecule has 0 fully saturated rings. The number of aromatic nitrogens is 4. The molecule has 7 rings (SSSR count). The molecule has 0 unspecified atom stereocenters. The van der Waals surface area contributed by atoms with Gasteiger partial charge in [-0.3, -0.25) is 20.2 Å². The Kier molecular flexibility index (Phi) is 8.54. The summed E-state index contributed by atoms with van der Waals surface area (Å²) >= 11 is 0. The van der Waals surface area contributed by atoms with Crippen molar-refractivity contribution in [3.8, 4) is 79.1 Å². The van der Waals surface area contributed by atoms with Gasteiger partial charge in [-0.25, -0.2) is 9.36 Å². The van der Waals surface area contributed by atoms with Gasteiger partial charge in [0.2, 0.25) is 0 Å². The van der Waals surface area contributed by atoms with Crippen LogP contribution in [0.15, 0.2) is 122 Å². The van der Waals surface area contributed by atoms with Gasteiger partial charge in [-0.15, -0.1) is 0 Å². The lowest BCUT2D eigenvalue weighted by Gasteiger charge is -2.13. The van der Waals surface area contributed by atoms with Crippen molar-refractivity contribution >= 4 is 11.4 Å². The van der Waals surface area contributed by atoms with E-state index in [-0.39, 0.29) is 34.4 Å². The van der Waals surface area contributed by atoms with E-state index in [4.69, 9.17) is 9.47 Å². The predicted octanol–water partition coefficient (Wildman–Crippen LogP) is 7.97. The molecule has 2 N–H and O–H groups in total. The van der Waals surface area contributed by atoms with Crippen LogP contribution in [0.25, 0.3) is 56.1 Å². The lowest BCUT2D eigenvalue weighted by molar-refractivity contribution is -0.384. The van der Waals surface area contributed by atoms with E-state index in [0.29, 0.717) is 56.1 Å². The van der Waals surface area contributed by atoms with Gasteiger partial charge in [0.15, 0.2) is 23.0 Å². The van der Waals surface area contributed by atoms with E-state index in [1.807, 2.05) is 24.3 Å². The third-order valence-corrected chi connectivity index (χ3v) is 8.58. The Hall–Kier alpha value is -7.48. The first-order chi connectivity index (χ1) is 25.2. The summed E-state index contributed by atoms with van der Waals surface area (Å²) in [5, 5.41) is 53.1. The first-order valence-electron chi connectivity index (χ1n) is 15.7. The van der Waals surface area contributed by atoms with E-state index in [9.17, 15) is 30.4 Å².